The number of ether oxygens (including phenoxy) is 2. The van der Waals surface area contributed by atoms with Crippen molar-refractivity contribution in [3.63, 3.8) is 0 Å². The fourth-order valence-corrected chi connectivity index (χ4v) is 3.82. The van der Waals surface area contributed by atoms with E-state index in [1.54, 1.807) is 34.0 Å². The van der Waals surface area contributed by atoms with Crippen molar-refractivity contribution >= 4 is 23.6 Å². The van der Waals surface area contributed by atoms with Crippen molar-refractivity contribution in [1.29, 1.82) is 5.26 Å². The standard InChI is InChI=1S/C25H23ClN4O3/c1-2-33-23-9-8-18(15-22(23)26)24-20(17-30(28-24)21-6-4-3-5-7-21)14-19(16-27)25(31)29-10-12-32-13-11-29/h3-9,14-15,17H,2,10-13H2,1H3. The van der Waals surface area contributed by atoms with Crippen molar-refractivity contribution < 1.29 is 14.3 Å². The van der Waals surface area contributed by atoms with E-state index in [1.165, 1.54) is 0 Å². The van der Waals surface area contributed by atoms with Gasteiger partial charge in [0.15, 0.2) is 0 Å². The Kier molecular flexibility index (Phi) is 7.08. The fourth-order valence-electron chi connectivity index (χ4n) is 3.59. The Hall–Kier alpha value is -3.60. The molecule has 1 amide bonds. The number of morpholine rings is 1. The Bertz CT molecular complexity index is 1210. The summed E-state index contributed by atoms with van der Waals surface area (Å²) < 4.78 is 12.6. The number of rotatable bonds is 6. The van der Waals surface area contributed by atoms with Crippen LogP contribution in [0.15, 0.2) is 60.3 Å². The highest BCUT2D eigenvalue weighted by Gasteiger charge is 2.22. The lowest BCUT2D eigenvalue weighted by atomic mass is 10.1. The maximum absolute atomic E-state index is 12.9. The third kappa shape index (κ3) is 5.08. The van der Waals surface area contributed by atoms with E-state index < -0.39 is 0 Å². The Morgan fingerprint density at radius 3 is 2.67 bits per heavy atom. The SMILES string of the molecule is CCOc1ccc(-c2nn(-c3ccccc3)cc2C=C(C#N)C(=O)N2CCOCC2)cc1Cl. The maximum Gasteiger partial charge on any atom is 0.264 e. The van der Waals surface area contributed by atoms with E-state index in [2.05, 4.69) is 6.07 Å². The molecule has 0 atom stereocenters. The third-order valence-electron chi connectivity index (χ3n) is 5.22. The molecule has 0 unspecified atom stereocenters. The van der Waals surface area contributed by atoms with Gasteiger partial charge in [0.2, 0.25) is 0 Å². The molecule has 0 radical (unpaired) electrons. The van der Waals surface area contributed by atoms with Gasteiger partial charge in [-0.1, -0.05) is 29.8 Å². The zero-order valence-corrected chi connectivity index (χ0v) is 19.0. The highest BCUT2D eigenvalue weighted by Crippen LogP contribution is 2.32. The first kappa shape index (κ1) is 22.6. The molecule has 1 aromatic heterocycles. The van der Waals surface area contributed by atoms with Crippen LogP contribution in [0.2, 0.25) is 5.02 Å². The summed E-state index contributed by atoms with van der Waals surface area (Å²) in [6.45, 7) is 4.25. The van der Waals surface area contributed by atoms with Gasteiger partial charge in [-0.2, -0.15) is 10.4 Å². The number of hydrogen-bond acceptors (Lipinski definition) is 5. The molecular weight excluding hydrogens is 440 g/mol. The minimum atomic E-state index is -0.316. The number of carbonyl (C=O) groups excluding carboxylic acids is 1. The van der Waals surface area contributed by atoms with Gasteiger partial charge < -0.3 is 14.4 Å². The summed E-state index contributed by atoms with van der Waals surface area (Å²) in [7, 11) is 0. The zero-order valence-electron chi connectivity index (χ0n) is 18.2. The second-order valence-corrected chi connectivity index (χ2v) is 7.77. The van der Waals surface area contributed by atoms with Gasteiger partial charge in [0.1, 0.15) is 23.1 Å². The molecular formula is C25H23ClN4O3. The highest BCUT2D eigenvalue weighted by atomic mass is 35.5. The van der Waals surface area contributed by atoms with Crippen molar-refractivity contribution in [2.75, 3.05) is 32.9 Å². The molecule has 1 fully saturated rings. The molecule has 7 nitrogen and oxygen atoms in total. The highest BCUT2D eigenvalue weighted by molar-refractivity contribution is 6.32. The summed E-state index contributed by atoms with van der Waals surface area (Å²) in [5, 5.41) is 15.0. The molecule has 1 aliphatic rings. The molecule has 0 aliphatic carbocycles. The first-order chi connectivity index (χ1) is 16.1. The zero-order chi connectivity index (χ0) is 23.2. The van der Waals surface area contributed by atoms with Crippen molar-refractivity contribution in [2.45, 2.75) is 6.92 Å². The van der Waals surface area contributed by atoms with Crippen LogP contribution in [0.1, 0.15) is 12.5 Å². The monoisotopic (exact) mass is 462 g/mol. The Morgan fingerprint density at radius 1 is 1.24 bits per heavy atom. The average molecular weight is 463 g/mol. The number of para-hydroxylation sites is 1. The van der Waals surface area contributed by atoms with Crippen molar-refractivity contribution in [3.05, 3.63) is 70.9 Å². The van der Waals surface area contributed by atoms with Gasteiger partial charge in [0, 0.05) is 30.4 Å². The van der Waals surface area contributed by atoms with Crippen molar-refractivity contribution in [2.24, 2.45) is 0 Å². The van der Waals surface area contributed by atoms with Gasteiger partial charge in [-0.3, -0.25) is 4.79 Å². The summed E-state index contributed by atoms with van der Waals surface area (Å²) in [5.74, 6) is 0.270. The van der Waals surface area contributed by atoms with Crippen LogP contribution in [0.4, 0.5) is 0 Å². The lowest BCUT2D eigenvalue weighted by Gasteiger charge is -2.26. The van der Waals surface area contributed by atoms with Gasteiger partial charge in [0.25, 0.3) is 5.91 Å². The largest absolute Gasteiger partial charge is 0.492 e. The molecule has 168 valence electrons. The van der Waals surface area contributed by atoms with Crippen LogP contribution in [0, 0.1) is 11.3 Å². The predicted molar refractivity (Wildman–Crippen MR) is 126 cm³/mol. The lowest BCUT2D eigenvalue weighted by molar-refractivity contribution is -0.130. The van der Waals surface area contributed by atoms with Gasteiger partial charge >= 0.3 is 0 Å². The Morgan fingerprint density at radius 2 is 2.00 bits per heavy atom. The van der Waals surface area contributed by atoms with E-state index in [0.717, 1.165) is 11.3 Å². The molecule has 1 aliphatic heterocycles. The third-order valence-corrected chi connectivity index (χ3v) is 5.51. The van der Waals surface area contributed by atoms with E-state index >= 15 is 0 Å². The summed E-state index contributed by atoms with van der Waals surface area (Å²) >= 11 is 6.42. The van der Waals surface area contributed by atoms with Gasteiger partial charge in [-0.05, 0) is 43.3 Å². The van der Waals surface area contributed by atoms with Crippen LogP contribution >= 0.6 is 11.6 Å². The predicted octanol–water partition coefficient (Wildman–Crippen LogP) is 4.36. The van der Waals surface area contributed by atoms with Crippen LogP contribution < -0.4 is 4.74 Å². The molecule has 0 bridgehead atoms. The number of halogens is 1. The number of hydrogen-bond donors (Lipinski definition) is 0. The van der Waals surface area contributed by atoms with Crippen LogP contribution in [-0.2, 0) is 9.53 Å². The van der Waals surface area contributed by atoms with E-state index in [4.69, 9.17) is 26.2 Å². The second kappa shape index (κ2) is 10.3. The lowest BCUT2D eigenvalue weighted by Crippen LogP contribution is -2.41. The second-order valence-electron chi connectivity index (χ2n) is 7.37. The minimum absolute atomic E-state index is 0.0443. The Labute approximate surface area is 197 Å². The van der Waals surface area contributed by atoms with E-state index in [9.17, 15) is 10.1 Å². The summed E-state index contributed by atoms with van der Waals surface area (Å²) in [4.78, 5) is 14.6. The molecule has 8 heteroatoms. The molecule has 0 saturated carbocycles. The van der Waals surface area contributed by atoms with Crippen molar-refractivity contribution in [1.82, 2.24) is 14.7 Å². The number of nitrogens with zero attached hydrogens (tertiary/aromatic N) is 4. The summed E-state index contributed by atoms with van der Waals surface area (Å²) in [6.07, 6.45) is 3.39. The normalized spacial score (nSPS) is 14.1. The molecule has 4 rings (SSSR count). The maximum atomic E-state index is 12.9. The number of nitriles is 1. The van der Waals surface area contributed by atoms with Crippen molar-refractivity contribution in [3.8, 4) is 28.8 Å². The number of benzene rings is 2. The molecule has 0 N–H and O–H groups in total. The quantitative estimate of drug-likeness (QED) is 0.401. The van der Waals surface area contributed by atoms with Gasteiger partial charge in [0.05, 0.1) is 30.5 Å². The van der Waals surface area contributed by atoms with Crippen LogP contribution in [-0.4, -0.2) is 53.5 Å². The molecule has 1 saturated heterocycles. The van der Waals surface area contributed by atoms with E-state index in [1.807, 2.05) is 43.3 Å². The molecule has 33 heavy (non-hydrogen) atoms. The van der Waals surface area contributed by atoms with Crippen LogP contribution in [0.3, 0.4) is 0 Å². The van der Waals surface area contributed by atoms with E-state index in [-0.39, 0.29) is 11.5 Å². The smallest absolute Gasteiger partial charge is 0.264 e. The van der Waals surface area contributed by atoms with Crippen LogP contribution in [0.25, 0.3) is 23.0 Å². The first-order valence-electron chi connectivity index (χ1n) is 10.7. The average Bonchev–Trinajstić information content (AvgIpc) is 3.28. The minimum Gasteiger partial charge on any atom is -0.492 e. The summed E-state index contributed by atoms with van der Waals surface area (Å²) in [6, 6.07) is 17.1. The van der Waals surface area contributed by atoms with Gasteiger partial charge in [-0.15, -0.1) is 0 Å². The Balaban J connectivity index is 1.78. The number of amides is 1. The molecule has 2 heterocycles. The van der Waals surface area contributed by atoms with Gasteiger partial charge in [-0.25, -0.2) is 4.68 Å². The number of carbonyl (C=O) groups is 1. The molecule has 2 aromatic carbocycles. The molecule has 0 spiro atoms. The van der Waals surface area contributed by atoms with E-state index in [0.29, 0.717) is 54.9 Å². The fraction of sp³-hybridized carbons (Fsp3) is 0.240. The topological polar surface area (TPSA) is 80.4 Å². The first-order valence-corrected chi connectivity index (χ1v) is 11.0. The summed E-state index contributed by atoms with van der Waals surface area (Å²) in [5.41, 5.74) is 2.89. The molecule has 3 aromatic rings. The van der Waals surface area contributed by atoms with Crippen LogP contribution in [0.5, 0.6) is 5.75 Å². The number of aromatic nitrogens is 2.